The molecule has 3 N–H and O–H groups in total. The lowest BCUT2D eigenvalue weighted by Crippen LogP contribution is -2.45. The number of aliphatic imine (C=N–C) groups is 1. The topological polar surface area (TPSA) is 59.9 Å². The highest BCUT2D eigenvalue weighted by Crippen LogP contribution is 2.24. The molecule has 1 aromatic rings. The van der Waals surface area contributed by atoms with Crippen LogP contribution in [-0.2, 0) is 0 Å². The number of benzene rings is 1. The van der Waals surface area contributed by atoms with Crippen molar-refractivity contribution in [2.75, 3.05) is 37.7 Å². The van der Waals surface area contributed by atoms with Crippen molar-refractivity contribution in [3.8, 4) is 0 Å². The van der Waals surface area contributed by atoms with E-state index in [1.807, 2.05) is 11.8 Å². The Morgan fingerprint density at radius 1 is 1.32 bits per heavy atom. The van der Waals surface area contributed by atoms with E-state index in [1.165, 1.54) is 12.1 Å². The van der Waals surface area contributed by atoms with Crippen molar-refractivity contribution in [2.24, 2.45) is 10.9 Å². The van der Waals surface area contributed by atoms with E-state index in [0.29, 0.717) is 31.2 Å². The Kier molecular flexibility index (Phi) is 11.7. The van der Waals surface area contributed by atoms with Gasteiger partial charge in [0.2, 0.25) is 0 Å². The molecule has 0 spiro atoms. The molecule has 2 atom stereocenters. The van der Waals surface area contributed by atoms with Crippen LogP contribution in [0.2, 0.25) is 0 Å². The molecule has 1 aromatic carbocycles. The van der Waals surface area contributed by atoms with Crippen LogP contribution in [0.4, 0.5) is 14.5 Å². The van der Waals surface area contributed by atoms with E-state index in [9.17, 15) is 13.9 Å². The first-order valence-corrected chi connectivity index (χ1v) is 9.93. The number of aliphatic hydroxyl groups excluding tert-OH is 1. The maximum atomic E-state index is 14.0. The number of aliphatic hydroxyl groups is 1. The highest BCUT2D eigenvalue weighted by Gasteiger charge is 2.25. The van der Waals surface area contributed by atoms with Crippen LogP contribution in [0.5, 0.6) is 0 Å². The Bertz CT molecular complexity index is 612. The molecule has 0 radical (unpaired) electrons. The van der Waals surface area contributed by atoms with Crippen molar-refractivity contribution in [2.45, 2.75) is 45.6 Å². The first-order chi connectivity index (χ1) is 13.1. The Labute approximate surface area is 184 Å². The van der Waals surface area contributed by atoms with E-state index in [4.69, 9.17) is 0 Å². The molecule has 5 nitrogen and oxygen atoms in total. The van der Waals surface area contributed by atoms with Crippen LogP contribution in [0.3, 0.4) is 0 Å². The van der Waals surface area contributed by atoms with E-state index in [0.717, 1.165) is 44.3 Å². The van der Waals surface area contributed by atoms with Gasteiger partial charge in [0.05, 0.1) is 5.69 Å². The van der Waals surface area contributed by atoms with Crippen LogP contribution < -0.4 is 15.5 Å². The molecule has 2 rings (SSSR count). The monoisotopic (exact) mass is 510 g/mol. The van der Waals surface area contributed by atoms with Gasteiger partial charge < -0.3 is 20.6 Å². The van der Waals surface area contributed by atoms with Gasteiger partial charge in [0, 0.05) is 44.9 Å². The second kappa shape index (κ2) is 13.1. The third kappa shape index (κ3) is 7.69. The quantitative estimate of drug-likeness (QED) is 0.271. The van der Waals surface area contributed by atoms with Gasteiger partial charge in [-0.15, -0.1) is 24.0 Å². The zero-order chi connectivity index (χ0) is 19.6. The lowest BCUT2D eigenvalue weighted by Gasteiger charge is -2.21. The van der Waals surface area contributed by atoms with Crippen molar-refractivity contribution < 1.29 is 13.9 Å². The Hall–Kier alpha value is -1.16. The summed E-state index contributed by atoms with van der Waals surface area (Å²) in [4.78, 5) is 6.61. The summed E-state index contributed by atoms with van der Waals surface area (Å²) in [7, 11) is 0. The van der Waals surface area contributed by atoms with Crippen molar-refractivity contribution in [1.82, 2.24) is 10.6 Å². The number of nitrogens with one attached hydrogen (secondary N) is 2. The number of halogens is 3. The lowest BCUT2D eigenvalue weighted by atomic mass is 10.0. The van der Waals surface area contributed by atoms with E-state index >= 15 is 0 Å². The normalized spacial score (nSPS) is 18.0. The standard InChI is InChI=1S/C20H32F2N4O.HI/c1-3-5-15(9-11-27)13-24-20(23-4-2)25-17-8-10-26(14-17)19-7-6-16(21)12-18(19)22;/h6-7,12,15,17,27H,3-5,8-11,13-14H2,1-2H3,(H2,23,24,25);1H. The summed E-state index contributed by atoms with van der Waals surface area (Å²) in [6, 6.07) is 3.86. The van der Waals surface area contributed by atoms with Gasteiger partial charge in [-0.3, -0.25) is 4.99 Å². The highest BCUT2D eigenvalue weighted by atomic mass is 127. The summed E-state index contributed by atoms with van der Waals surface area (Å²) in [6.07, 6.45) is 3.74. The summed E-state index contributed by atoms with van der Waals surface area (Å²) in [5.74, 6) is 0.0469. The maximum Gasteiger partial charge on any atom is 0.191 e. The molecule has 28 heavy (non-hydrogen) atoms. The Morgan fingerprint density at radius 2 is 2.11 bits per heavy atom. The van der Waals surface area contributed by atoms with Crippen LogP contribution >= 0.6 is 24.0 Å². The van der Waals surface area contributed by atoms with Gasteiger partial charge >= 0.3 is 0 Å². The predicted octanol–water partition coefficient (Wildman–Crippen LogP) is 3.52. The molecule has 0 aliphatic carbocycles. The smallest absolute Gasteiger partial charge is 0.191 e. The molecule has 160 valence electrons. The molecular formula is C20H33F2IN4O. The third-order valence-corrected chi connectivity index (χ3v) is 4.87. The van der Waals surface area contributed by atoms with Gasteiger partial charge in [-0.2, -0.15) is 0 Å². The summed E-state index contributed by atoms with van der Waals surface area (Å²) in [6.45, 7) is 7.12. The molecule has 1 aliphatic heterocycles. The van der Waals surface area contributed by atoms with Gasteiger partial charge in [-0.05, 0) is 44.2 Å². The van der Waals surface area contributed by atoms with Crippen LogP contribution in [0.15, 0.2) is 23.2 Å². The van der Waals surface area contributed by atoms with Gasteiger partial charge in [-0.1, -0.05) is 13.3 Å². The number of anilines is 1. The zero-order valence-electron chi connectivity index (χ0n) is 16.8. The van der Waals surface area contributed by atoms with Gasteiger partial charge in [-0.25, -0.2) is 8.78 Å². The molecule has 8 heteroatoms. The molecule has 0 amide bonds. The molecule has 0 saturated carbocycles. The minimum Gasteiger partial charge on any atom is -0.396 e. The molecule has 1 saturated heterocycles. The van der Waals surface area contributed by atoms with E-state index < -0.39 is 11.6 Å². The van der Waals surface area contributed by atoms with Crippen LogP contribution in [0.25, 0.3) is 0 Å². The SMILES string of the molecule is CCCC(CCO)CN=C(NCC)NC1CCN(c2ccc(F)cc2F)C1.I. The Balaban J connectivity index is 0.00000392. The third-order valence-electron chi connectivity index (χ3n) is 4.87. The number of guanidine groups is 1. The summed E-state index contributed by atoms with van der Waals surface area (Å²) < 4.78 is 27.1. The number of hydrogen-bond acceptors (Lipinski definition) is 3. The first kappa shape index (κ1) is 24.9. The van der Waals surface area contributed by atoms with Gasteiger partial charge in [0.25, 0.3) is 0 Å². The van der Waals surface area contributed by atoms with Crippen LogP contribution in [0.1, 0.15) is 39.5 Å². The zero-order valence-corrected chi connectivity index (χ0v) is 19.1. The fraction of sp³-hybridized carbons (Fsp3) is 0.650. The lowest BCUT2D eigenvalue weighted by molar-refractivity contribution is 0.253. The average Bonchev–Trinajstić information content (AvgIpc) is 3.08. The molecule has 0 bridgehead atoms. The molecular weight excluding hydrogens is 477 g/mol. The molecule has 1 heterocycles. The summed E-state index contributed by atoms with van der Waals surface area (Å²) in [5, 5.41) is 15.9. The summed E-state index contributed by atoms with van der Waals surface area (Å²) >= 11 is 0. The largest absolute Gasteiger partial charge is 0.396 e. The van der Waals surface area contributed by atoms with Crippen LogP contribution in [-0.4, -0.2) is 49.9 Å². The van der Waals surface area contributed by atoms with E-state index in [-0.39, 0.29) is 36.6 Å². The van der Waals surface area contributed by atoms with E-state index in [2.05, 4.69) is 22.5 Å². The van der Waals surface area contributed by atoms with Crippen molar-refractivity contribution in [3.63, 3.8) is 0 Å². The highest BCUT2D eigenvalue weighted by molar-refractivity contribution is 14.0. The molecule has 1 aliphatic rings. The number of hydrogen-bond donors (Lipinski definition) is 3. The first-order valence-electron chi connectivity index (χ1n) is 9.93. The maximum absolute atomic E-state index is 14.0. The molecule has 2 unspecified atom stereocenters. The molecule has 0 aromatic heterocycles. The fourth-order valence-electron chi connectivity index (χ4n) is 3.49. The predicted molar refractivity (Wildman–Crippen MR) is 122 cm³/mol. The molecule has 1 fully saturated rings. The van der Waals surface area contributed by atoms with E-state index in [1.54, 1.807) is 0 Å². The van der Waals surface area contributed by atoms with Crippen molar-refractivity contribution in [1.29, 1.82) is 0 Å². The Morgan fingerprint density at radius 3 is 2.75 bits per heavy atom. The van der Waals surface area contributed by atoms with Gasteiger partial charge in [0.15, 0.2) is 5.96 Å². The second-order valence-corrected chi connectivity index (χ2v) is 7.06. The minimum atomic E-state index is -0.559. The van der Waals surface area contributed by atoms with Gasteiger partial charge in [0.1, 0.15) is 11.6 Å². The minimum absolute atomic E-state index is 0. The second-order valence-electron chi connectivity index (χ2n) is 7.06. The van der Waals surface area contributed by atoms with Crippen LogP contribution in [0, 0.1) is 17.6 Å². The number of rotatable bonds is 9. The average molecular weight is 510 g/mol. The fourth-order valence-corrected chi connectivity index (χ4v) is 3.49. The van der Waals surface area contributed by atoms with Crippen molar-refractivity contribution in [3.05, 3.63) is 29.8 Å². The number of nitrogens with zero attached hydrogens (tertiary/aromatic N) is 2. The van der Waals surface area contributed by atoms with Crippen molar-refractivity contribution >= 4 is 35.6 Å². The summed E-state index contributed by atoms with van der Waals surface area (Å²) in [5.41, 5.74) is 0.439.